The molecule has 1 heterocycles. The molecule has 100 valence electrons. The smallest absolute Gasteiger partial charge is 0.141 e. The number of ketones is 1. The Hall–Kier alpha value is -1.32. The summed E-state index contributed by atoms with van der Waals surface area (Å²) in [5.74, 6) is 0.0747. The van der Waals surface area contributed by atoms with Gasteiger partial charge in [0.1, 0.15) is 5.78 Å². The van der Waals surface area contributed by atoms with Crippen molar-refractivity contribution < 1.29 is 4.79 Å². The van der Waals surface area contributed by atoms with Crippen LogP contribution in [-0.4, -0.2) is 15.6 Å². The first-order chi connectivity index (χ1) is 9.10. The van der Waals surface area contributed by atoms with E-state index in [9.17, 15) is 4.79 Å². The second-order valence-corrected chi connectivity index (χ2v) is 5.11. The Bertz CT molecular complexity index is 573. The van der Waals surface area contributed by atoms with Gasteiger partial charge in [-0.15, -0.1) is 0 Å². The van der Waals surface area contributed by atoms with Crippen molar-refractivity contribution in [2.24, 2.45) is 0 Å². The molecule has 1 aromatic carbocycles. The highest BCUT2D eigenvalue weighted by Gasteiger charge is 2.12. The molecule has 0 atom stereocenters. The van der Waals surface area contributed by atoms with Crippen LogP contribution in [0.1, 0.15) is 18.1 Å². The lowest BCUT2D eigenvalue weighted by Gasteiger charge is -2.05. The number of carbonyl (C=O) groups excluding carboxylic acids is 1. The molecule has 0 bridgehead atoms. The predicted octanol–water partition coefficient (Wildman–Crippen LogP) is 3.56. The van der Waals surface area contributed by atoms with Crippen molar-refractivity contribution in [2.45, 2.75) is 26.3 Å². The second-order valence-electron chi connectivity index (χ2n) is 4.30. The van der Waals surface area contributed by atoms with Crippen molar-refractivity contribution in [3.63, 3.8) is 0 Å². The first kappa shape index (κ1) is 14.1. The van der Waals surface area contributed by atoms with E-state index < -0.39 is 0 Å². The minimum atomic E-state index is 0.0747. The summed E-state index contributed by atoms with van der Waals surface area (Å²) in [5, 5.41) is 5.21. The average molecular weight is 297 g/mol. The first-order valence-electron chi connectivity index (χ1n) is 6.06. The maximum absolute atomic E-state index is 12.0. The number of rotatable bonds is 5. The summed E-state index contributed by atoms with van der Waals surface area (Å²) in [6, 6.07) is 5.25. The van der Waals surface area contributed by atoms with Crippen LogP contribution < -0.4 is 0 Å². The van der Waals surface area contributed by atoms with Gasteiger partial charge in [0.05, 0.1) is 6.20 Å². The average Bonchev–Trinajstić information content (AvgIpc) is 2.81. The molecule has 2 aromatic rings. The Kier molecular flexibility index (Phi) is 4.61. The third-order valence-corrected chi connectivity index (χ3v) is 3.56. The summed E-state index contributed by atoms with van der Waals surface area (Å²) >= 11 is 12.1. The normalized spacial score (nSPS) is 10.7. The molecule has 0 unspecified atom stereocenters. The fourth-order valence-electron chi connectivity index (χ4n) is 1.86. The molecule has 0 radical (unpaired) electrons. The number of hydrogen-bond donors (Lipinski definition) is 0. The van der Waals surface area contributed by atoms with Crippen LogP contribution in [0.2, 0.25) is 10.0 Å². The third kappa shape index (κ3) is 3.58. The van der Waals surface area contributed by atoms with Crippen LogP contribution >= 0.6 is 23.2 Å². The highest BCUT2D eigenvalue weighted by molar-refractivity contribution is 6.36. The molecule has 0 aliphatic heterocycles. The lowest BCUT2D eigenvalue weighted by molar-refractivity contribution is -0.117. The lowest BCUT2D eigenvalue weighted by Crippen LogP contribution is -2.07. The molecule has 0 fully saturated rings. The Morgan fingerprint density at radius 2 is 1.95 bits per heavy atom. The molecule has 3 nitrogen and oxygen atoms in total. The van der Waals surface area contributed by atoms with Gasteiger partial charge in [0.2, 0.25) is 0 Å². The third-order valence-electron chi connectivity index (χ3n) is 2.85. The van der Waals surface area contributed by atoms with Crippen molar-refractivity contribution in [2.75, 3.05) is 0 Å². The lowest BCUT2D eigenvalue weighted by atomic mass is 10.0. The van der Waals surface area contributed by atoms with Gasteiger partial charge >= 0.3 is 0 Å². The van der Waals surface area contributed by atoms with Crippen molar-refractivity contribution in [1.82, 2.24) is 9.78 Å². The van der Waals surface area contributed by atoms with Crippen molar-refractivity contribution in [3.05, 3.63) is 51.8 Å². The molecule has 1 aromatic heterocycles. The van der Waals surface area contributed by atoms with Crippen molar-refractivity contribution in [3.8, 4) is 0 Å². The summed E-state index contributed by atoms with van der Waals surface area (Å²) < 4.78 is 1.80. The maximum Gasteiger partial charge on any atom is 0.141 e. The first-order valence-corrected chi connectivity index (χ1v) is 6.81. The molecule has 2 rings (SSSR count). The quantitative estimate of drug-likeness (QED) is 0.845. The number of aromatic nitrogens is 2. The van der Waals surface area contributed by atoms with Gasteiger partial charge in [-0.25, -0.2) is 0 Å². The van der Waals surface area contributed by atoms with Crippen molar-refractivity contribution in [1.29, 1.82) is 0 Å². The summed E-state index contributed by atoms with van der Waals surface area (Å²) in [6.07, 6.45) is 4.19. The Balaban J connectivity index is 2.05. The van der Waals surface area contributed by atoms with E-state index in [0.29, 0.717) is 22.0 Å². The van der Waals surface area contributed by atoms with Crippen molar-refractivity contribution >= 4 is 29.0 Å². The van der Waals surface area contributed by atoms with E-state index in [1.807, 2.05) is 13.1 Å². The minimum Gasteiger partial charge on any atom is -0.299 e. The zero-order valence-electron chi connectivity index (χ0n) is 10.6. The maximum atomic E-state index is 12.0. The fourth-order valence-corrected chi connectivity index (χ4v) is 2.39. The van der Waals surface area contributed by atoms with Gasteiger partial charge in [-0.2, -0.15) is 5.10 Å². The summed E-state index contributed by atoms with van der Waals surface area (Å²) in [4.78, 5) is 12.0. The number of carbonyl (C=O) groups is 1. The molecule has 0 aliphatic carbocycles. The van der Waals surface area contributed by atoms with Gasteiger partial charge in [-0.1, -0.05) is 29.3 Å². The summed E-state index contributed by atoms with van der Waals surface area (Å²) in [7, 11) is 0. The van der Waals surface area contributed by atoms with E-state index >= 15 is 0 Å². The van der Waals surface area contributed by atoms with Crippen LogP contribution in [0.4, 0.5) is 0 Å². The van der Waals surface area contributed by atoms with Gasteiger partial charge in [0.25, 0.3) is 0 Å². The standard InChI is InChI=1S/C14H14Cl2N2O/c1-2-18-9-10(8-17-18)6-11(19)7-12-13(15)4-3-5-14(12)16/h3-5,8-9H,2,6-7H2,1H3. The topological polar surface area (TPSA) is 34.9 Å². The van der Waals surface area contributed by atoms with Crippen LogP contribution in [0, 0.1) is 0 Å². The molecule has 0 saturated heterocycles. The van der Waals surface area contributed by atoms with E-state index in [1.54, 1.807) is 29.1 Å². The molecular formula is C14H14Cl2N2O. The highest BCUT2D eigenvalue weighted by atomic mass is 35.5. The monoisotopic (exact) mass is 296 g/mol. The number of benzene rings is 1. The van der Waals surface area contributed by atoms with E-state index in [4.69, 9.17) is 23.2 Å². The van der Waals surface area contributed by atoms with Crippen LogP contribution in [0.25, 0.3) is 0 Å². The summed E-state index contributed by atoms with van der Waals surface area (Å²) in [6.45, 7) is 2.80. The number of hydrogen-bond acceptors (Lipinski definition) is 2. The van der Waals surface area contributed by atoms with E-state index in [1.165, 1.54) is 0 Å². The molecule has 19 heavy (non-hydrogen) atoms. The zero-order valence-corrected chi connectivity index (χ0v) is 12.1. The van der Waals surface area contributed by atoms with Crippen LogP contribution in [0.5, 0.6) is 0 Å². The molecule has 0 amide bonds. The molecule has 0 aliphatic rings. The second kappa shape index (κ2) is 6.22. The molecule has 0 N–H and O–H groups in total. The Morgan fingerprint density at radius 3 is 2.53 bits per heavy atom. The van der Waals surface area contributed by atoms with Crippen LogP contribution in [-0.2, 0) is 24.2 Å². The van der Waals surface area contributed by atoms with E-state index in [0.717, 1.165) is 12.1 Å². The van der Waals surface area contributed by atoms with Gasteiger partial charge in [0, 0.05) is 35.6 Å². The number of Topliss-reactive ketones (excluding diaryl/α,β-unsaturated/α-hetero) is 1. The minimum absolute atomic E-state index is 0.0747. The number of nitrogens with zero attached hydrogens (tertiary/aromatic N) is 2. The van der Waals surface area contributed by atoms with E-state index in [2.05, 4.69) is 5.10 Å². The summed E-state index contributed by atoms with van der Waals surface area (Å²) in [5.41, 5.74) is 1.61. The highest BCUT2D eigenvalue weighted by Crippen LogP contribution is 2.25. The van der Waals surface area contributed by atoms with Gasteiger partial charge in [0.15, 0.2) is 0 Å². The van der Waals surface area contributed by atoms with Gasteiger partial charge in [-0.3, -0.25) is 9.48 Å². The van der Waals surface area contributed by atoms with Crippen LogP contribution in [0.3, 0.4) is 0 Å². The Morgan fingerprint density at radius 1 is 1.26 bits per heavy atom. The van der Waals surface area contributed by atoms with Gasteiger partial charge < -0.3 is 0 Å². The predicted molar refractivity (Wildman–Crippen MR) is 76.8 cm³/mol. The Labute approximate surface area is 122 Å². The number of aryl methyl sites for hydroxylation is 1. The molecule has 0 saturated carbocycles. The largest absolute Gasteiger partial charge is 0.299 e. The molecular weight excluding hydrogens is 283 g/mol. The number of halogens is 2. The SMILES string of the molecule is CCn1cc(CC(=O)Cc2c(Cl)cccc2Cl)cn1. The molecule has 5 heteroatoms. The fraction of sp³-hybridized carbons (Fsp3) is 0.286. The van der Waals surface area contributed by atoms with Crippen LogP contribution in [0.15, 0.2) is 30.6 Å². The molecule has 0 spiro atoms. The van der Waals surface area contributed by atoms with E-state index in [-0.39, 0.29) is 12.2 Å². The van der Waals surface area contributed by atoms with Gasteiger partial charge in [-0.05, 0) is 30.2 Å². The zero-order chi connectivity index (χ0) is 13.8.